The lowest BCUT2D eigenvalue weighted by Crippen LogP contribution is -2.22. The van der Waals surface area contributed by atoms with Gasteiger partial charge in [-0.2, -0.15) is 0 Å². The fraction of sp³-hybridized carbons (Fsp3) is 0.222. The Kier molecular flexibility index (Phi) is 2.40. The summed E-state index contributed by atoms with van der Waals surface area (Å²) in [7, 11) is 1.57. The van der Waals surface area contributed by atoms with Crippen molar-refractivity contribution in [3.8, 4) is 0 Å². The molecule has 0 spiro atoms. The van der Waals surface area contributed by atoms with Gasteiger partial charge in [-0.1, -0.05) is 28.4 Å². The molecule has 1 aromatic rings. The summed E-state index contributed by atoms with van der Waals surface area (Å²) in [5.41, 5.74) is 1.09. The molecule has 0 aliphatic carbocycles. The summed E-state index contributed by atoms with van der Waals surface area (Å²) in [6.45, 7) is 0. The highest BCUT2D eigenvalue weighted by molar-refractivity contribution is 6.42. The third kappa shape index (κ3) is 1.41. The van der Waals surface area contributed by atoms with Crippen LogP contribution in [-0.4, -0.2) is 13.0 Å². The predicted molar refractivity (Wildman–Crippen MR) is 58.4 cm³/mol. The van der Waals surface area contributed by atoms with Crippen LogP contribution < -0.4 is 4.90 Å². The van der Waals surface area contributed by atoms with Gasteiger partial charge in [0.05, 0.1) is 15.7 Å². The first kappa shape index (κ1) is 10.4. The molecule has 0 N–H and O–H groups in total. The average Bonchev–Trinajstić information content (AvgIpc) is 2.42. The van der Waals surface area contributed by atoms with Gasteiger partial charge in [-0.3, -0.25) is 4.79 Å². The number of amides is 1. The number of halogens is 2. The summed E-state index contributed by atoms with van der Waals surface area (Å²) >= 11 is 11.6. The van der Waals surface area contributed by atoms with Crippen molar-refractivity contribution in [3.05, 3.63) is 32.6 Å². The largest absolute Gasteiger partial charge is 0.313 e. The molecular formula is C9H6Cl2N2O2. The van der Waals surface area contributed by atoms with E-state index in [2.05, 4.69) is 5.18 Å². The maximum Gasteiger partial charge on any atom is 0.259 e. The minimum Gasteiger partial charge on any atom is -0.313 e. The standard InChI is InChI=1S/C9H6Cl2N2O2/c1-13-7-3-6(11)5(10)2-4(7)8(12-15)9(13)14/h2-3,8H,1H3. The number of rotatable bonds is 1. The third-order valence-corrected chi connectivity index (χ3v) is 3.12. The summed E-state index contributed by atoms with van der Waals surface area (Å²) in [6, 6.07) is 2.06. The summed E-state index contributed by atoms with van der Waals surface area (Å²) in [5.74, 6) is -0.363. The van der Waals surface area contributed by atoms with Crippen LogP contribution in [0.1, 0.15) is 11.6 Å². The second-order valence-corrected chi connectivity index (χ2v) is 4.04. The number of benzene rings is 1. The molecule has 0 aromatic heterocycles. The summed E-state index contributed by atoms with van der Waals surface area (Å²) in [4.78, 5) is 23.5. The number of anilines is 1. The Labute approximate surface area is 95.7 Å². The van der Waals surface area contributed by atoms with Crippen LogP contribution in [0.2, 0.25) is 10.0 Å². The van der Waals surface area contributed by atoms with Crippen molar-refractivity contribution in [1.82, 2.24) is 0 Å². The molecule has 2 rings (SSSR count). The van der Waals surface area contributed by atoms with Crippen molar-refractivity contribution in [2.75, 3.05) is 11.9 Å². The Morgan fingerprint density at radius 1 is 1.33 bits per heavy atom. The molecule has 15 heavy (non-hydrogen) atoms. The summed E-state index contributed by atoms with van der Waals surface area (Å²) in [6.07, 6.45) is 0. The zero-order chi connectivity index (χ0) is 11.2. The highest BCUT2D eigenvalue weighted by atomic mass is 35.5. The molecule has 1 aromatic carbocycles. The van der Waals surface area contributed by atoms with E-state index >= 15 is 0 Å². The normalized spacial score (nSPS) is 19.3. The van der Waals surface area contributed by atoms with E-state index in [-0.39, 0.29) is 5.91 Å². The van der Waals surface area contributed by atoms with Crippen molar-refractivity contribution in [3.63, 3.8) is 0 Å². The van der Waals surface area contributed by atoms with Crippen molar-refractivity contribution in [2.24, 2.45) is 5.18 Å². The lowest BCUT2D eigenvalue weighted by Gasteiger charge is -2.09. The van der Waals surface area contributed by atoms with Gasteiger partial charge in [0.1, 0.15) is 0 Å². The Morgan fingerprint density at radius 3 is 2.53 bits per heavy atom. The van der Waals surface area contributed by atoms with Crippen LogP contribution in [0.25, 0.3) is 0 Å². The van der Waals surface area contributed by atoms with E-state index in [1.165, 1.54) is 11.0 Å². The van der Waals surface area contributed by atoms with Gasteiger partial charge in [0.25, 0.3) is 5.91 Å². The van der Waals surface area contributed by atoms with Gasteiger partial charge in [-0.25, -0.2) is 0 Å². The monoisotopic (exact) mass is 244 g/mol. The number of nitrogens with zero attached hydrogens (tertiary/aromatic N) is 2. The minimum absolute atomic E-state index is 0.312. The van der Waals surface area contributed by atoms with Gasteiger partial charge in [-0.15, -0.1) is 4.91 Å². The van der Waals surface area contributed by atoms with Crippen LogP contribution in [0.5, 0.6) is 0 Å². The van der Waals surface area contributed by atoms with Gasteiger partial charge in [0, 0.05) is 12.6 Å². The molecule has 1 amide bonds. The molecule has 0 saturated carbocycles. The van der Waals surface area contributed by atoms with E-state index in [0.717, 1.165) is 0 Å². The molecule has 1 aliphatic heterocycles. The molecule has 1 aliphatic rings. The molecular weight excluding hydrogens is 239 g/mol. The Morgan fingerprint density at radius 2 is 1.93 bits per heavy atom. The number of carbonyl (C=O) groups excluding carboxylic acids is 1. The Bertz CT molecular complexity index is 462. The predicted octanol–water partition coefficient (Wildman–Crippen LogP) is 2.78. The van der Waals surface area contributed by atoms with Crippen LogP contribution in [-0.2, 0) is 4.79 Å². The number of fused-ring (bicyclic) bond motifs is 1. The molecule has 0 radical (unpaired) electrons. The van der Waals surface area contributed by atoms with E-state index in [4.69, 9.17) is 23.2 Å². The van der Waals surface area contributed by atoms with Crippen molar-refractivity contribution in [1.29, 1.82) is 0 Å². The van der Waals surface area contributed by atoms with Crippen molar-refractivity contribution < 1.29 is 4.79 Å². The molecule has 6 heteroatoms. The summed E-state index contributed by atoms with van der Waals surface area (Å²) in [5, 5.41) is 3.45. The molecule has 78 valence electrons. The maximum atomic E-state index is 11.6. The first-order valence-electron chi connectivity index (χ1n) is 4.15. The van der Waals surface area contributed by atoms with Crippen LogP contribution in [0, 0.1) is 4.91 Å². The van der Waals surface area contributed by atoms with Gasteiger partial charge in [-0.05, 0) is 12.1 Å². The number of hydrogen-bond donors (Lipinski definition) is 0. The van der Waals surface area contributed by atoms with Crippen molar-refractivity contribution >= 4 is 34.8 Å². The highest BCUT2D eigenvalue weighted by Crippen LogP contribution is 2.41. The van der Waals surface area contributed by atoms with Crippen LogP contribution in [0.3, 0.4) is 0 Å². The average molecular weight is 245 g/mol. The minimum atomic E-state index is -1.00. The lowest BCUT2D eigenvalue weighted by molar-refractivity contribution is -0.118. The maximum absolute atomic E-state index is 11.6. The van der Waals surface area contributed by atoms with Crippen molar-refractivity contribution in [2.45, 2.75) is 6.04 Å². The van der Waals surface area contributed by atoms with Gasteiger partial charge >= 0.3 is 0 Å². The van der Waals surface area contributed by atoms with E-state index in [1.807, 2.05) is 0 Å². The Balaban J connectivity index is 2.66. The van der Waals surface area contributed by atoms with Gasteiger partial charge in [0.2, 0.25) is 0 Å². The fourth-order valence-electron chi connectivity index (χ4n) is 1.60. The number of carbonyl (C=O) groups is 1. The third-order valence-electron chi connectivity index (χ3n) is 2.40. The second kappa shape index (κ2) is 3.47. The van der Waals surface area contributed by atoms with Crippen LogP contribution >= 0.6 is 23.2 Å². The quantitative estimate of drug-likeness (QED) is 0.714. The first-order chi connectivity index (χ1) is 7.06. The van der Waals surface area contributed by atoms with Gasteiger partial charge in [0.15, 0.2) is 6.04 Å². The number of likely N-dealkylation sites (N-methyl/N-ethyl adjacent to an activating group) is 1. The first-order valence-corrected chi connectivity index (χ1v) is 4.91. The smallest absolute Gasteiger partial charge is 0.259 e. The molecule has 0 bridgehead atoms. The topological polar surface area (TPSA) is 49.7 Å². The molecule has 1 atom stereocenters. The summed E-state index contributed by atoms with van der Waals surface area (Å²) < 4.78 is 0. The molecule has 1 heterocycles. The van der Waals surface area contributed by atoms with E-state index < -0.39 is 6.04 Å². The van der Waals surface area contributed by atoms with Gasteiger partial charge < -0.3 is 4.90 Å². The van der Waals surface area contributed by atoms with E-state index in [9.17, 15) is 9.70 Å². The van der Waals surface area contributed by atoms with Crippen LogP contribution in [0.4, 0.5) is 5.69 Å². The number of nitroso groups, excluding NO2 is 1. The fourth-order valence-corrected chi connectivity index (χ4v) is 1.93. The number of hydrogen-bond acceptors (Lipinski definition) is 3. The molecule has 0 fully saturated rings. The lowest BCUT2D eigenvalue weighted by atomic mass is 10.1. The zero-order valence-corrected chi connectivity index (χ0v) is 9.21. The zero-order valence-electron chi connectivity index (χ0n) is 7.70. The highest BCUT2D eigenvalue weighted by Gasteiger charge is 2.36. The molecule has 0 saturated heterocycles. The van der Waals surface area contributed by atoms with E-state index in [1.54, 1.807) is 13.1 Å². The second-order valence-electron chi connectivity index (χ2n) is 3.23. The molecule has 4 nitrogen and oxygen atoms in total. The molecule has 1 unspecified atom stereocenters. The van der Waals surface area contributed by atoms with Crippen LogP contribution in [0.15, 0.2) is 17.3 Å². The Hall–Kier alpha value is -1.13. The SMILES string of the molecule is CN1C(=O)C(N=O)c2cc(Cl)c(Cl)cc21. The van der Waals surface area contributed by atoms with E-state index in [0.29, 0.717) is 21.3 Å².